The van der Waals surface area contributed by atoms with Gasteiger partial charge in [0, 0.05) is 53.2 Å². The summed E-state index contributed by atoms with van der Waals surface area (Å²) in [6, 6.07) is 65.6. The van der Waals surface area contributed by atoms with E-state index in [1.807, 2.05) is 78.1 Å². The van der Waals surface area contributed by atoms with E-state index in [0.717, 1.165) is 60.9 Å². The van der Waals surface area contributed by atoms with Crippen molar-refractivity contribution in [3.63, 3.8) is 0 Å². The van der Waals surface area contributed by atoms with Crippen LogP contribution in [0.2, 0.25) is 0 Å². The van der Waals surface area contributed by atoms with Gasteiger partial charge in [0.05, 0.1) is 0 Å². The molecular weight excluding hydrogens is 703 g/mol. The first-order valence-corrected chi connectivity index (χ1v) is 19.5. The standard InChI is InChI=1S/C51H31N3OS/c1-4-14-32(15-5-1)40-23-13-24-42-41-27-26-36(31-45(41)56-48(40)42)39-29-28-38(46-43-22-10-11-25-44(43)55-47(39)46)35-20-12-21-37(30-35)51-53-49(33-16-6-2-7-17-33)52-50(54-51)34-18-8-3-9-19-34/h1-31H. The molecule has 0 aliphatic rings. The van der Waals surface area contributed by atoms with Gasteiger partial charge >= 0.3 is 0 Å². The Bertz CT molecular complexity index is 3180. The summed E-state index contributed by atoms with van der Waals surface area (Å²) in [6.45, 7) is 0. The molecule has 0 aliphatic heterocycles. The zero-order chi connectivity index (χ0) is 37.0. The highest BCUT2D eigenvalue weighted by Gasteiger charge is 2.20. The Balaban J connectivity index is 1.06. The first-order valence-electron chi connectivity index (χ1n) is 18.7. The molecule has 0 fully saturated rings. The normalized spacial score (nSPS) is 11.6. The average molecular weight is 734 g/mol. The van der Waals surface area contributed by atoms with E-state index < -0.39 is 0 Å². The third-order valence-electron chi connectivity index (χ3n) is 10.6. The van der Waals surface area contributed by atoms with Gasteiger partial charge in [-0.1, -0.05) is 164 Å². The van der Waals surface area contributed by atoms with Gasteiger partial charge in [0.1, 0.15) is 11.2 Å². The van der Waals surface area contributed by atoms with Gasteiger partial charge in [-0.05, 0) is 52.1 Å². The molecule has 11 rings (SSSR count). The van der Waals surface area contributed by atoms with Crippen LogP contribution in [0.25, 0.3) is 110 Å². The van der Waals surface area contributed by atoms with Gasteiger partial charge in [0.15, 0.2) is 17.5 Å². The fourth-order valence-electron chi connectivity index (χ4n) is 7.87. The van der Waals surface area contributed by atoms with Gasteiger partial charge in [0.25, 0.3) is 0 Å². The summed E-state index contributed by atoms with van der Waals surface area (Å²) in [7, 11) is 0. The molecule has 8 aromatic carbocycles. The van der Waals surface area contributed by atoms with Gasteiger partial charge in [-0.25, -0.2) is 15.0 Å². The van der Waals surface area contributed by atoms with Crippen molar-refractivity contribution in [2.24, 2.45) is 0 Å². The predicted molar refractivity (Wildman–Crippen MR) is 233 cm³/mol. The van der Waals surface area contributed by atoms with Crippen LogP contribution in [0.5, 0.6) is 0 Å². The molecule has 0 N–H and O–H groups in total. The molecule has 0 bridgehead atoms. The molecule has 0 radical (unpaired) electrons. The summed E-state index contributed by atoms with van der Waals surface area (Å²) in [6.07, 6.45) is 0. The average Bonchev–Trinajstić information content (AvgIpc) is 3.86. The number of para-hydroxylation sites is 1. The lowest BCUT2D eigenvalue weighted by Crippen LogP contribution is -2.00. The van der Waals surface area contributed by atoms with Gasteiger partial charge in [0.2, 0.25) is 0 Å². The van der Waals surface area contributed by atoms with Crippen molar-refractivity contribution in [1.82, 2.24) is 15.0 Å². The zero-order valence-corrected chi connectivity index (χ0v) is 30.9. The second kappa shape index (κ2) is 13.3. The maximum Gasteiger partial charge on any atom is 0.164 e. The van der Waals surface area contributed by atoms with Crippen molar-refractivity contribution < 1.29 is 4.42 Å². The van der Waals surface area contributed by atoms with Crippen molar-refractivity contribution in [3.05, 3.63) is 188 Å². The van der Waals surface area contributed by atoms with Crippen LogP contribution in [-0.4, -0.2) is 15.0 Å². The van der Waals surface area contributed by atoms with Gasteiger partial charge in [-0.3, -0.25) is 0 Å². The first kappa shape index (κ1) is 32.2. The third kappa shape index (κ3) is 5.48. The number of rotatable bonds is 6. The van der Waals surface area contributed by atoms with Crippen molar-refractivity contribution in [3.8, 4) is 67.5 Å². The number of aromatic nitrogens is 3. The lowest BCUT2D eigenvalue weighted by Gasteiger charge is -2.11. The van der Waals surface area contributed by atoms with E-state index in [9.17, 15) is 0 Å². The van der Waals surface area contributed by atoms with E-state index in [1.54, 1.807) is 0 Å². The quantitative estimate of drug-likeness (QED) is 0.171. The molecule has 56 heavy (non-hydrogen) atoms. The number of thiophene rings is 1. The van der Waals surface area contributed by atoms with Crippen molar-refractivity contribution in [2.45, 2.75) is 0 Å². The Morgan fingerprint density at radius 1 is 0.357 bits per heavy atom. The van der Waals surface area contributed by atoms with Crippen LogP contribution in [0, 0.1) is 0 Å². The largest absolute Gasteiger partial charge is 0.455 e. The van der Waals surface area contributed by atoms with E-state index in [-0.39, 0.29) is 0 Å². The second-order valence-electron chi connectivity index (χ2n) is 13.9. The fraction of sp³-hybridized carbons (Fsp3) is 0. The first-order chi connectivity index (χ1) is 27.7. The minimum Gasteiger partial charge on any atom is -0.455 e. The molecule has 4 nitrogen and oxygen atoms in total. The van der Waals surface area contributed by atoms with Crippen LogP contribution in [-0.2, 0) is 0 Å². The van der Waals surface area contributed by atoms with Gasteiger partial charge < -0.3 is 4.42 Å². The Morgan fingerprint density at radius 3 is 1.64 bits per heavy atom. The number of benzene rings is 8. The lowest BCUT2D eigenvalue weighted by atomic mass is 9.93. The number of hydrogen-bond donors (Lipinski definition) is 0. The van der Waals surface area contributed by atoms with Crippen LogP contribution in [0.15, 0.2) is 192 Å². The monoisotopic (exact) mass is 733 g/mol. The van der Waals surface area contributed by atoms with E-state index in [4.69, 9.17) is 19.4 Å². The third-order valence-corrected chi connectivity index (χ3v) is 11.8. The highest BCUT2D eigenvalue weighted by atomic mass is 32.1. The molecule has 0 unspecified atom stereocenters. The van der Waals surface area contributed by atoms with Crippen LogP contribution < -0.4 is 0 Å². The van der Waals surface area contributed by atoms with Gasteiger partial charge in [-0.2, -0.15) is 0 Å². The number of hydrogen-bond acceptors (Lipinski definition) is 5. The van der Waals surface area contributed by atoms with Crippen LogP contribution >= 0.6 is 11.3 Å². The topological polar surface area (TPSA) is 51.8 Å². The Kier molecular flexibility index (Phi) is 7.64. The Hall–Kier alpha value is -7.21. The summed E-state index contributed by atoms with van der Waals surface area (Å²) in [5.41, 5.74) is 11.4. The molecule has 0 saturated carbocycles. The molecule has 0 atom stereocenters. The summed E-state index contributed by atoms with van der Waals surface area (Å²) < 4.78 is 9.32. The summed E-state index contributed by atoms with van der Waals surface area (Å²) >= 11 is 1.85. The molecule has 0 saturated heterocycles. The highest BCUT2D eigenvalue weighted by molar-refractivity contribution is 7.26. The van der Waals surface area contributed by atoms with Crippen molar-refractivity contribution in [1.29, 1.82) is 0 Å². The van der Waals surface area contributed by atoms with Crippen molar-refractivity contribution in [2.75, 3.05) is 0 Å². The minimum absolute atomic E-state index is 0.622. The molecular formula is C51H31N3OS. The summed E-state index contributed by atoms with van der Waals surface area (Å²) in [5.74, 6) is 1.90. The van der Waals surface area contributed by atoms with E-state index in [0.29, 0.717) is 17.5 Å². The van der Waals surface area contributed by atoms with Crippen LogP contribution in [0.3, 0.4) is 0 Å². The predicted octanol–water partition coefficient (Wildman–Crippen LogP) is 14.1. The summed E-state index contributed by atoms with van der Waals surface area (Å²) in [5, 5.41) is 4.72. The minimum atomic E-state index is 0.622. The molecule has 11 aromatic rings. The van der Waals surface area contributed by atoms with Gasteiger partial charge in [-0.15, -0.1) is 11.3 Å². The Labute approximate surface area is 327 Å². The maximum atomic E-state index is 6.76. The summed E-state index contributed by atoms with van der Waals surface area (Å²) in [4.78, 5) is 14.9. The van der Waals surface area contributed by atoms with Crippen LogP contribution in [0.4, 0.5) is 0 Å². The smallest absolute Gasteiger partial charge is 0.164 e. The second-order valence-corrected chi connectivity index (χ2v) is 15.0. The van der Waals surface area contributed by atoms with E-state index in [1.165, 1.54) is 31.3 Å². The molecule has 3 heterocycles. The number of nitrogens with zero attached hydrogens (tertiary/aromatic N) is 3. The Morgan fingerprint density at radius 2 is 0.911 bits per heavy atom. The number of fused-ring (bicyclic) bond motifs is 6. The lowest BCUT2D eigenvalue weighted by molar-refractivity contribution is 0.670. The fourth-order valence-corrected chi connectivity index (χ4v) is 9.15. The van der Waals surface area contributed by atoms with Crippen LogP contribution in [0.1, 0.15) is 0 Å². The molecule has 5 heteroatoms. The van der Waals surface area contributed by atoms with Crippen molar-refractivity contribution >= 4 is 53.4 Å². The highest BCUT2D eigenvalue weighted by Crippen LogP contribution is 2.45. The SMILES string of the molecule is c1ccc(-c2nc(-c3ccccc3)nc(-c3cccc(-c4ccc(-c5ccc6c(c5)sc5c(-c7ccccc7)cccc56)c5oc6ccccc6c45)c3)n2)cc1. The molecule has 0 spiro atoms. The molecule has 0 aliphatic carbocycles. The zero-order valence-electron chi connectivity index (χ0n) is 30.1. The van der Waals surface area contributed by atoms with E-state index in [2.05, 4.69) is 121 Å². The van der Waals surface area contributed by atoms with E-state index >= 15 is 0 Å². The molecule has 0 amide bonds. The number of furan rings is 1. The molecule has 262 valence electrons. The maximum absolute atomic E-state index is 6.76. The molecule has 3 aromatic heterocycles.